The van der Waals surface area contributed by atoms with E-state index >= 15 is 0 Å². The van der Waals surface area contributed by atoms with Crippen molar-refractivity contribution in [1.82, 2.24) is 10.1 Å². The Morgan fingerprint density at radius 1 is 1.22 bits per heavy atom. The lowest BCUT2D eigenvalue weighted by atomic mass is 10.1. The molecule has 6 heteroatoms. The molecular weight excluding hydrogens is 294 g/mol. The van der Waals surface area contributed by atoms with E-state index in [1.165, 1.54) is 5.56 Å². The third-order valence-electron chi connectivity index (χ3n) is 3.57. The van der Waals surface area contributed by atoms with Gasteiger partial charge in [0, 0.05) is 18.5 Å². The van der Waals surface area contributed by atoms with Crippen LogP contribution in [0.1, 0.15) is 23.4 Å². The Morgan fingerprint density at radius 2 is 2.09 bits per heavy atom. The first-order valence-corrected chi connectivity index (χ1v) is 7.35. The van der Waals surface area contributed by atoms with Crippen LogP contribution in [0.4, 0.5) is 5.69 Å². The van der Waals surface area contributed by atoms with Gasteiger partial charge >= 0.3 is 0 Å². The molecule has 1 amide bonds. The van der Waals surface area contributed by atoms with Gasteiger partial charge in [-0.1, -0.05) is 11.2 Å². The topological polar surface area (TPSA) is 81.2 Å². The first-order valence-electron chi connectivity index (χ1n) is 7.35. The molecule has 23 heavy (non-hydrogen) atoms. The number of carbonyl (C=O) groups is 1. The quantitative estimate of drug-likeness (QED) is 0.779. The van der Waals surface area contributed by atoms with E-state index < -0.39 is 0 Å². The third kappa shape index (κ3) is 3.66. The van der Waals surface area contributed by atoms with Crippen LogP contribution < -0.4 is 5.32 Å². The van der Waals surface area contributed by atoms with E-state index in [1.807, 2.05) is 32.0 Å². The maximum atomic E-state index is 12.0. The molecule has 0 spiro atoms. The summed E-state index contributed by atoms with van der Waals surface area (Å²) in [6.07, 6.45) is 2.19. The van der Waals surface area contributed by atoms with E-state index in [1.54, 1.807) is 18.4 Å². The predicted octanol–water partition coefficient (Wildman–Crippen LogP) is 3.52. The number of aryl methyl sites for hydroxylation is 3. The van der Waals surface area contributed by atoms with Gasteiger partial charge < -0.3 is 14.3 Å². The van der Waals surface area contributed by atoms with Crippen molar-refractivity contribution in [1.29, 1.82) is 0 Å². The molecule has 0 fully saturated rings. The third-order valence-corrected chi connectivity index (χ3v) is 3.57. The average Bonchev–Trinajstić information content (AvgIpc) is 3.19. The standard InChI is InChI=1S/C17H17N3O3/c1-11-5-6-13(10-12(11)2)18-15(21)7-8-16-19-17(20-23-16)14-4-3-9-22-14/h3-6,9-10H,7-8H2,1-2H3,(H,18,21). The molecule has 2 aromatic heterocycles. The molecule has 3 aromatic rings. The minimum absolute atomic E-state index is 0.0917. The lowest BCUT2D eigenvalue weighted by Crippen LogP contribution is -2.12. The molecule has 0 aliphatic heterocycles. The van der Waals surface area contributed by atoms with Gasteiger partial charge in [-0.05, 0) is 49.2 Å². The van der Waals surface area contributed by atoms with Crippen LogP contribution in [0.3, 0.4) is 0 Å². The number of hydrogen-bond donors (Lipinski definition) is 1. The number of aromatic nitrogens is 2. The van der Waals surface area contributed by atoms with Crippen LogP contribution in [0, 0.1) is 13.8 Å². The number of hydrogen-bond acceptors (Lipinski definition) is 5. The summed E-state index contributed by atoms with van der Waals surface area (Å²) in [5.41, 5.74) is 3.13. The Labute approximate surface area is 133 Å². The molecule has 0 radical (unpaired) electrons. The molecule has 0 saturated carbocycles. The van der Waals surface area contributed by atoms with Crippen molar-refractivity contribution in [2.45, 2.75) is 26.7 Å². The summed E-state index contributed by atoms with van der Waals surface area (Å²) in [5.74, 6) is 1.25. The van der Waals surface area contributed by atoms with Crippen molar-refractivity contribution in [3.63, 3.8) is 0 Å². The lowest BCUT2D eigenvalue weighted by molar-refractivity contribution is -0.116. The van der Waals surface area contributed by atoms with Gasteiger partial charge in [-0.2, -0.15) is 4.98 Å². The zero-order chi connectivity index (χ0) is 16.2. The Morgan fingerprint density at radius 3 is 2.83 bits per heavy atom. The predicted molar refractivity (Wildman–Crippen MR) is 84.9 cm³/mol. The van der Waals surface area contributed by atoms with Crippen molar-refractivity contribution >= 4 is 11.6 Å². The first-order chi connectivity index (χ1) is 11.1. The molecule has 0 aliphatic rings. The second-order valence-corrected chi connectivity index (χ2v) is 5.34. The van der Waals surface area contributed by atoms with Crippen molar-refractivity contribution < 1.29 is 13.7 Å². The number of carbonyl (C=O) groups excluding carboxylic acids is 1. The van der Waals surface area contributed by atoms with Crippen LogP contribution in [-0.4, -0.2) is 16.0 Å². The van der Waals surface area contributed by atoms with E-state index in [-0.39, 0.29) is 12.3 Å². The monoisotopic (exact) mass is 311 g/mol. The Balaban J connectivity index is 1.55. The molecule has 0 unspecified atom stereocenters. The van der Waals surface area contributed by atoms with Crippen LogP contribution in [0.2, 0.25) is 0 Å². The second-order valence-electron chi connectivity index (χ2n) is 5.34. The van der Waals surface area contributed by atoms with Crippen LogP contribution in [0.25, 0.3) is 11.6 Å². The van der Waals surface area contributed by atoms with E-state index in [2.05, 4.69) is 15.5 Å². The van der Waals surface area contributed by atoms with Crippen LogP contribution in [0.5, 0.6) is 0 Å². The maximum Gasteiger partial charge on any atom is 0.238 e. The molecule has 3 rings (SSSR count). The van der Waals surface area contributed by atoms with Crippen LogP contribution in [-0.2, 0) is 11.2 Å². The largest absolute Gasteiger partial charge is 0.461 e. The fourth-order valence-electron chi connectivity index (χ4n) is 2.13. The van der Waals surface area contributed by atoms with E-state index in [0.717, 1.165) is 11.3 Å². The SMILES string of the molecule is Cc1ccc(NC(=O)CCc2nc(-c3ccco3)no2)cc1C. The highest BCUT2D eigenvalue weighted by molar-refractivity contribution is 5.90. The zero-order valence-electron chi connectivity index (χ0n) is 13.0. The number of rotatable bonds is 5. The summed E-state index contributed by atoms with van der Waals surface area (Å²) in [4.78, 5) is 16.2. The molecule has 2 heterocycles. The van der Waals surface area contributed by atoms with E-state index in [0.29, 0.717) is 23.9 Å². The highest BCUT2D eigenvalue weighted by Crippen LogP contribution is 2.17. The summed E-state index contributed by atoms with van der Waals surface area (Å²) in [6, 6.07) is 9.33. The Bertz CT molecular complexity index is 806. The summed E-state index contributed by atoms with van der Waals surface area (Å²) < 4.78 is 10.3. The number of benzene rings is 1. The summed E-state index contributed by atoms with van der Waals surface area (Å²) in [5, 5.41) is 6.70. The van der Waals surface area contributed by atoms with Gasteiger partial charge in [-0.25, -0.2) is 0 Å². The molecule has 118 valence electrons. The smallest absolute Gasteiger partial charge is 0.238 e. The minimum Gasteiger partial charge on any atom is -0.461 e. The molecule has 6 nitrogen and oxygen atoms in total. The minimum atomic E-state index is -0.0917. The van der Waals surface area contributed by atoms with Crippen molar-refractivity contribution in [3.8, 4) is 11.6 Å². The second kappa shape index (κ2) is 6.48. The molecule has 1 aromatic carbocycles. The number of nitrogens with zero attached hydrogens (tertiary/aromatic N) is 2. The van der Waals surface area contributed by atoms with E-state index in [4.69, 9.17) is 8.94 Å². The molecule has 0 saturated heterocycles. The Kier molecular flexibility index (Phi) is 4.23. The summed E-state index contributed by atoms with van der Waals surface area (Å²) in [7, 11) is 0. The van der Waals surface area contributed by atoms with Crippen molar-refractivity contribution in [2.24, 2.45) is 0 Å². The van der Waals surface area contributed by atoms with Gasteiger partial charge in [0.05, 0.1) is 6.26 Å². The van der Waals surface area contributed by atoms with Gasteiger partial charge in [0.25, 0.3) is 0 Å². The van der Waals surface area contributed by atoms with Gasteiger partial charge in [0.2, 0.25) is 17.6 Å². The fourth-order valence-corrected chi connectivity index (χ4v) is 2.13. The molecule has 0 aliphatic carbocycles. The van der Waals surface area contributed by atoms with Crippen molar-refractivity contribution in [2.75, 3.05) is 5.32 Å². The molecule has 0 bridgehead atoms. The molecule has 1 N–H and O–H groups in total. The number of nitrogens with one attached hydrogen (secondary N) is 1. The van der Waals surface area contributed by atoms with Gasteiger partial charge in [-0.15, -0.1) is 0 Å². The van der Waals surface area contributed by atoms with Crippen LogP contribution in [0.15, 0.2) is 45.5 Å². The highest BCUT2D eigenvalue weighted by Gasteiger charge is 2.12. The van der Waals surface area contributed by atoms with Gasteiger partial charge in [0.1, 0.15) is 0 Å². The number of anilines is 1. The van der Waals surface area contributed by atoms with Gasteiger partial charge in [0.15, 0.2) is 5.76 Å². The zero-order valence-corrected chi connectivity index (χ0v) is 13.0. The highest BCUT2D eigenvalue weighted by atomic mass is 16.5. The first kappa shape index (κ1) is 15.0. The van der Waals surface area contributed by atoms with Crippen molar-refractivity contribution in [3.05, 3.63) is 53.6 Å². The fraction of sp³-hybridized carbons (Fsp3) is 0.235. The molecular formula is C17H17N3O3. The summed E-state index contributed by atoms with van der Waals surface area (Å²) in [6.45, 7) is 4.05. The normalized spacial score (nSPS) is 10.7. The number of amides is 1. The summed E-state index contributed by atoms with van der Waals surface area (Å²) >= 11 is 0. The maximum absolute atomic E-state index is 12.0. The van der Waals surface area contributed by atoms with Crippen LogP contribution >= 0.6 is 0 Å². The molecule has 0 atom stereocenters. The number of furan rings is 1. The van der Waals surface area contributed by atoms with E-state index in [9.17, 15) is 4.79 Å². The van der Waals surface area contributed by atoms with Gasteiger partial charge in [-0.3, -0.25) is 4.79 Å². The lowest BCUT2D eigenvalue weighted by Gasteiger charge is -2.06. The average molecular weight is 311 g/mol. The Hall–Kier alpha value is -2.89.